The summed E-state index contributed by atoms with van der Waals surface area (Å²) >= 11 is 0. The standard InChI is InChI=1S/C21H18FNO6/c1-28-14-7-15-16(17(24)9-18(25)21(26)27)11-23(20(15)19(8-14)29-2)10-12-3-5-13(22)6-4-12/h3-8,11H,9-10H2,1-2H3,(H,26,27). The maximum Gasteiger partial charge on any atom is 0.372 e. The van der Waals surface area contributed by atoms with Crippen LogP contribution in [0.2, 0.25) is 0 Å². The van der Waals surface area contributed by atoms with E-state index in [1.807, 2.05) is 0 Å². The molecular weight excluding hydrogens is 381 g/mol. The number of benzene rings is 2. The van der Waals surface area contributed by atoms with Crippen molar-refractivity contribution < 1.29 is 33.4 Å². The maximum atomic E-state index is 13.2. The second-order valence-corrected chi connectivity index (χ2v) is 6.35. The van der Waals surface area contributed by atoms with Gasteiger partial charge in [-0.1, -0.05) is 12.1 Å². The van der Waals surface area contributed by atoms with E-state index in [-0.39, 0.29) is 11.4 Å². The Morgan fingerprint density at radius 2 is 1.76 bits per heavy atom. The summed E-state index contributed by atoms with van der Waals surface area (Å²) in [6.45, 7) is 0.305. The van der Waals surface area contributed by atoms with Crippen molar-refractivity contribution in [1.29, 1.82) is 0 Å². The molecule has 1 N–H and O–H groups in total. The van der Waals surface area contributed by atoms with Gasteiger partial charge in [0.25, 0.3) is 0 Å². The second kappa shape index (κ2) is 8.14. The zero-order valence-corrected chi connectivity index (χ0v) is 15.8. The van der Waals surface area contributed by atoms with Crippen LogP contribution in [0.5, 0.6) is 11.5 Å². The number of carboxylic acid groups (broad SMARTS) is 1. The highest BCUT2D eigenvalue weighted by Gasteiger charge is 2.23. The quantitative estimate of drug-likeness (QED) is 0.355. The Morgan fingerprint density at radius 1 is 1.07 bits per heavy atom. The molecule has 29 heavy (non-hydrogen) atoms. The topological polar surface area (TPSA) is 94.8 Å². The van der Waals surface area contributed by atoms with Crippen molar-refractivity contribution in [3.63, 3.8) is 0 Å². The molecule has 1 aromatic heterocycles. The van der Waals surface area contributed by atoms with Gasteiger partial charge in [-0.05, 0) is 23.8 Å². The predicted molar refractivity (Wildman–Crippen MR) is 102 cm³/mol. The highest BCUT2D eigenvalue weighted by Crippen LogP contribution is 2.35. The van der Waals surface area contributed by atoms with Gasteiger partial charge in [0, 0.05) is 29.8 Å². The van der Waals surface area contributed by atoms with Crippen LogP contribution in [0, 0.1) is 5.82 Å². The largest absolute Gasteiger partial charge is 0.497 e. The Labute approximate surface area is 165 Å². The Balaban J connectivity index is 2.15. The molecule has 0 amide bonds. The van der Waals surface area contributed by atoms with Crippen molar-refractivity contribution in [1.82, 2.24) is 4.57 Å². The zero-order chi connectivity index (χ0) is 21.1. The van der Waals surface area contributed by atoms with Crippen molar-refractivity contribution in [2.75, 3.05) is 14.2 Å². The van der Waals surface area contributed by atoms with Crippen LogP contribution in [0.1, 0.15) is 22.3 Å². The van der Waals surface area contributed by atoms with Crippen molar-refractivity contribution in [3.05, 3.63) is 59.5 Å². The van der Waals surface area contributed by atoms with Gasteiger partial charge < -0.3 is 19.1 Å². The normalized spacial score (nSPS) is 10.7. The van der Waals surface area contributed by atoms with Gasteiger partial charge in [-0.25, -0.2) is 9.18 Å². The fourth-order valence-electron chi connectivity index (χ4n) is 3.10. The first kappa shape index (κ1) is 20.1. The minimum absolute atomic E-state index is 0.175. The van der Waals surface area contributed by atoms with E-state index in [1.54, 1.807) is 28.8 Å². The van der Waals surface area contributed by atoms with Crippen molar-refractivity contribution in [2.24, 2.45) is 0 Å². The van der Waals surface area contributed by atoms with E-state index >= 15 is 0 Å². The number of carbonyl (C=O) groups is 3. The average Bonchev–Trinajstić information content (AvgIpc) is 3.07. The number of aliphatic carboxylic acids is 1. The molecule has 0 aliphatic rings. The third-order valence-electron chi connectivity index (χ3n) is 4.49. The van der Waals surface area contributed by atoms with E-state index < -0.39 is 24.0 Å². The molecule has 0 spiro atoms. The van der Waals surface area contributed by atoms with E-state index in [4.69, 9.17) is 14.6 Å². The van der Waals surface area contributed by atoms with Crippen molar-refractivity contribution in [2.45, 2.75) is 13.0 Å². The third-order valence-corrected chi connectivity index (χ3v) is 4.49. The first-order chi connectivity index (χ1) is 13.8. The van der Waals surface area contributed by atoms with Crippen LogP contribution in [0.4, 0.5) is 4.39 Å². The summed E-state index contributed by atoms with van der Waals surface area (Å²) in [6, 6.07) is 9.18. The zero-order valence-electron chi connectivity index (χ0n) is 15.8. The number of aromatic nitrogens is 1. The lowest BCUT2D eigenvalue weighted by atomic mass is 10.0. The second-order valence-electron chi connectivity index (χ2n) is 6.35. The Morgan fingerprint density at radius 3 is 2.34 bits per heavy atom. The van der Waals surface area contributed by atoms with Crippen LogP contribution < -0.4 is 9.47 Å². The molecule has 0 saturated heterocycles. The number of hydrogen-bond acceptors (Lipinski definition) is 5. The monoisotopic (exact) mass is 399 g/mol. The van der Waals surface area contributed by atoms with Crippen LogP contribution in [0.3, 0.4) is 0 Å². The molecule has 3 aromatic rings. The van der Waals surface area contributed by atoms with Crippen molar-refractivity contribution >= 4 is 28.4 Å². The molecule has 0 fully saturated rings. The molecule has 0 aliphatic heterocycles. The summed E-state index contributed by atoms with van der Waals surface area (Å²) in [6.07, 6.45) is 0.776. The number of rotatable bonds is 8. The van der Waals surface area contributed by atoms with Gasteiger partial charge in [-0.3, -0.25) is 9.59 Å². The molecule has 0 aliphatic carbocycles. The van der Waals surface area contributed by atoms with Crippen molar-refractivity contribution in [3.8, 4) is 11.5 Å². The summed E-state index contributed by atoms with van der Waals surface area (Å²) in [5.74, 6) is -2.97. The molecule has 7 nitrogen and oxygen atoms in total. The Hall–Kier alpha value is -3.68. The summed E-state index contributed by atoms with van der Waals surface area (Å²) < 4.78 is 25.7. The molecular formula is C21H18FNO6. The summed E-state index contributed by atoms with van der Waals surface area (Å²) in [5, 5.41) is 9.26. The van der Waals surface area contributed by atoms with Crippen LogP contribution in [0.15, 0.2) is 42.6 Å². The lowest BCUT2D eigenvalue weighted by molar-refractivity contribution is -0.148. The number of carbonyl (C=O) groups excluding carboxylic acids is 2. The van der Waals surface area contributed by atoms with Gasteiger partial charge in [0.2, 0.25) is 5.78 Å². The van der Waals surface area contributed by atoms with Gasteiger partial charge in [0.15, 0.2) is 5.78 Å². The average molecular weight is 399 g/mol. The molecule has 0 saturated carbocycles. The summed E-state index contributed by atoms with van der Waals surface area (Å²) in [5.41, 5.74) is 1.53. The summed E-state index contributed by atoms with van der Waals surface area (Å²) in [7, 11) is 2.93. The molecule has 0 bridgehead atoms. The molecule has 0 atom stereocenters. The number of methoxy groups -OCH3 is 2. The summed E-state index contributed by atoms with van der Waals surface area (Å²) in [4.78, 5) is 35.0. The number of Topliss-reactive ketones (excluding diaryl/α,β-unsaturated/α-hetero) is 2. The number of halogens is 1. The van der Waals surface area contributed by atoms with E-state index in [0.717, 1.165) is 5.56 Å². The smallest absolute Gasteiger partial charge is 0.372 e. The fourth-order valence-corrected chi connectivity index (χ4v) is 3.10. The molecule has 3 rings (SSSR count). The molecule has 0 unspecified atom stereocenters. The number of nitrogens with zero attached hydrogens (tertiary/aromatic N) is 1. The van der Waals surface area contributed by atoms with E-state index in [1.165, 1.54) is 32.5 Å². The van der Waals surface area contributed by atoms with E-state index in [2.05, 4.69) is 0 Å². The molecule has 0 radical (unpaired) electrons. The number of ether oxygens (including phenoxy) is 2. The molecule has 150 valence electrons. The van der Waals surface area contributed by atoms with Crippen LogP contribution >= 0.6 is 0 Å². The number of fused-ring (bicyclic) bond motifs is 1. The van der Waals surface area contributed by atoms with Crippen LogP contribution in [-0.4, -0.2) is 41.4 Å². The lowest BCUT2D eigenvalue weighted by Crippen LogP contribution is -2.17. The Kier molecular flexibility index (Phi) is 5.63. The maximum absolute atomic E-state index is 13.2. The molecule has 2 aromatic carbocycles. The third kappa shape index (κ3) is 4.11. The highest BCUT2D eigenvalue weighted by molar-refractivity contribution is 6.38. The van der Waals surface area contributed by atoms with E-state index in [9.17, 15) is 18.8 Å². The fraction of sp³-hybridized carbons (Fsp3) is 0.190. The first-order valence-corrected chi connectivity index (χ1v) is 8.62. The number of ketones is 2. The van der Waals surface area contributed by atoms with E-state index in [0.29, 0.717) is 28.9 Å². The molecule has 8 heteroatoms. The number of carboxylic acids is 1. The highest BCUT2D eigenvalue weighted by atomic mass is 19.1. The van der Waals surface area contributed by atoms with Crippen LogP contribution in [-0.2, 0) is 16.1 Å². The predicted octanol–water partition coefficient (Wildman–Crippen LogP) is 3.07. The van der Waals surface area contributed by atoms with Gasteiger partial charge in [-0.15, -0.1) is 0 Å². The lowest BCUT2D eigenvalue weighted by Gasteiger charge is -2.11. The minimum atomic E-state index is -1.66. The van der Waals surface area contributed by atoms with Crippen LogP contribution in [0.25, 0.3) is 10.9 Å². The van der Waals surface area contributed by atoms with Gasteiger partial charge in [-0.2, -0.15) is 0 Å². The number of hydrogen-bond donors (Lipinski definition) is 1. The Bertz CT molecular complexity index is 1100. The molecule has 1 heterocycles. The minimum Gasteiger partial charge on any atom is -0.497 e. The first-order valence-electron chi connectivity index (χ1n) is 8.62. The van der Waals surface area contributed by atoms with Gasteiger partial charge in [0.05, 0.1) is 26.2 Å². The SMILES string of the molecule is COc1cc(OC)c2c(c1)c(C(=O)CC(=O)C(=O)O)cn2Cc1ccc(F)cc1. The van der Waals surface area contributed by atoms with Gasteiger partial charge in [0.1, 0.15) is 17.3 Å². The van der Waals surface area contributed by atoms with Gasteiger partial charge >= 0.3 is 5.97 Å².